The highest BCUT2D eigenvalue weighted by molar-refractivity contribution is 7.92. The van der Waals surface area contributed by atoms with Crippen molar-refractivity contribution in [1.82, 2.24) is 5.32 Å². The molecule has 0 bridgehead atoms. The second-order valence-corrected chi connectivity index (χ2v) is 6.13. The predicted octanol–water partition coefficient (Wildman–Crippen LogP) is 0.751. The Bertz CT molecular complexity index is 544. The molecule has 0 radical (unpaired) electrons. The number of amides is 1. The topological polar surface area (TPSA) is 72.5 Å². The molecule has 0 saturated heterocycles. The number of benzene rings is 1. The van der Waals surface area contributed by atoms with Gasteiger partial charge in [-0.1, -0.05) is 6.07 Å². The standard InChI is InChI=1S/C12H16FNO4S/c1-9(7-18-2)14-12(15)8-19(16,17)11-5-3-4-10(13)6-11/h3-6,9H,7-8H2,1-2H3,(H,14,15). The number of rotatable bonds is 6. The van der Waals surface area contributed by atoms with Crippen LogP contribution in [0.1, 0.15) is 6.92 Å². The molecular weight excluding hydrogens is 273 g/mol. The monoisotopic (exact) mass is 289 g/mol. The van der Waals surface area contributed by atoms with E-state index in [-0.39, 0.29) is 17.5 Å². The third kappa shape index (κ3) is 4.96. The average Bonchev–Trinajstić information content (AvgIpc) is 2.28. The number of hydrogen-bond donors (Lipinski definition) is 1. The van der Waals surface area contributed by atoms with Crippen molar-refractivity contribution in [1.29, 1.82) is 0 Å². The predicted molar refractivity (Wildman–Crippen MR) is 67.9 cm³/mol. The van der Waals surface area contributed by atoms with Gasteiger partial charge in [0.2, 0.25) is 5.91 Å². The Morgan fingerprint density at radius 1 is 1.47 bits per heavy atom. The normalized spacial score (nSPS) is 13.0. The maximum atomic E-state index is 13.0. The number of carbonyl (C=O) groups is 1. The van der Waals surface area contributed by atoms with Crippen LogP contribution in [0.15, 0.2) is 29.2 Å². The second-order valence-electron chi connectivity index (χ2n) is 4.14. The van der Waals surface area contributed by atoms with Crippen LogP contribution in [0.2, 0.25) is 0 Å². The minimum atomic E-state index is -3.84. The van der Waals surface area contributed by atoms with E-state index in [4.69, 9.17) is 4.74 Å². The lowest BCUT2D eigenvalue weighted by molar-refractivity contribution is -0.119. The van der Waals surface area contributed by atoms with Crippen LogP contribution < -0.4 is 5.32 Å². The number of hydrogen-bond acceptors (Lipinski definition) is 4. The van der Waals surface area contributed by atoms with Crippen molar-refractivity contribution in [2.24, 2.45) is 0 Å². The molecule has 1 unspecified atom stereocenters. The van der Waals surface area contributed by atoms with Crippen LogP contribution in [-0.2, 0) is 19.4 Å². The summed E-state index contributed by atoms with van der Waals surface area (Å²) in [4.78, 5) is 11.4. The summed E-state index contributed by atoms with van der Waals surface area (Å²) in [5, 5.41) is 2.48. The SMILES string of the molecule is COCC(C)NC(=O)CS(=O)(=O)c1cccc(F)c1. The van der Waals surface area contributed by atoms with Gasteiger partial charge in [0.25, 0.3) is 0 Å². The van der Waals surface area contributed by atoms with Gasteiger partial charge in [-0.05, 0) is 25.1 Å². The molecule has 1 atom stereocenters. The Morgan fingerprint density at radius 3 is 2.74 bits per heavy atom. The molecule has 1 aromatic rings. The van der Waals surface area contributed by atoms with Gasteiger partial charge in [0, 0.05) is 13.2 Å². The molecule has 0 fully saturated rings. The van der Waals surface area contributed by atoms with Crippen LogP contribution in [-0.4, -0.2) is 39.8 Å². The van der Waals surface area contributed by atoms with Crippen LogP contribution in [0.25, 0.3) is 0 Å². The molecule has 1 N–H and O–H groups in total. The first kappa shape index (κ1) is 15.6. The minimum Gasteiger partial charge on any atom is -0.383 e. The molecule has 1 aromatic carbocycles. The zero-order chi connectivity index (χ0) is 14.5. The molecule has 0 aliphatic carbocycles. The summed E-state index contributed by atoms with van der Waals surface area (Å²) in [5.41, 5.74) is 0. The van der Waals surface area contributed by atoms with Crippen molar-refractivity contribution in [2.75, 3.05) is 19.5 Å². The van der Waals surface area contributed by atoms with Gasteiger partial charge in [0.15, 0.2) is 9.84 Å². The summed E-state index contributed by atoms with van der Waals surface area (Å²) >= 11 is 0. The quantitative estimate of drug-likeness (QED) is 0.839. The third-order valence-electron chi connectivity index (χ3n) is 2.30. The fourth-order valence-electron chi connectivity index (χ4n) is 1.52. The molecule has 0 aliphatic rings. The maximum absolute atomic E-state index is 13.0. The Balaban J connectivity index is 2.72. The average molecular weight is 289 g/mol. The van der Waals surface area contributed by atoms with Crippen molar-refractivity contribution < 1.29 is 22.3 Å². The highest BCUT2D eigenvalue weighted by Crippen LogP contribution is 2.12. The Morgan fingerprint density at radius 2 is 2.16 bits per heavy atom. The molecule has 0 saturated carbocycles. The van der Waals surface area contributed by atoms with Crippen LogP contribution in [0, 0.1) is 5.82 Å². The van der Waals surface area contributed by atoms with Gasteiger partial charge in [-0.15, -0.1) is 0 Å². The molecule has 0 aliphatic heterocycles. The highest BCUT2D eigenvalue weighted by atomic mass is 32.2. The first-order chi connectivity index (χ1) is 8.85. The zero-order valence-electron chi connectivity index (χ0n) is 10.7. The lowest BCUT2D eigenvalue weighted by atomic mass is 10.3. The van der Waals surface area contributed by atoms with E-state index in [1.54, 1.807) is 6.92 Å². The number of nitrogens with one attached hydrogen (secondary N) is 1. The Labute approximate surface area is 111 Å². The van der Waals surface area contributed by atoms with Gasteiger partial charge in [-0.25, -0.2) is 12.8 Å². The molecule has 0 aromatic heterocycles. The van der Waals surface area contributed by atoms with Crippen LogP contribution in [0.5, 0.6) is 0 Å². The van der Waals surface area contributed by atoms with E-state index in [9.17, 15) is 17.6 Å². The van der Waals surface area contributed by atoms with E-state index in [0.29, 0.717) is 0 Å². The van der Waals surface area contributed by atoms with Gasteiger partial charge >= 0.3 is 0 Å². The van der Waals surface area contributed by atoms with Crippen molar-refractivity contribution in [3.8, 4) is 0 Å². The largest absolute Gasteiger partial charge is 0.383 e. The van der Waals surface area contributed by atoms with Crippen molar-refractivity contribution in [2.45, 2.75) is 17.9 Å². The number of methoxy groups -OCH3 is 1. The van der Waals surface area contributed by atoms with E-state index in [1.807, 2.05) is 0 Å². The van der Waals surface area contributed by atoms with Crippen LogP contribution in [0.3, 0.4) is 0 Å². The fraction of sp³-hybridized carbons (Fsp3) is 0.417. The van der Waals surface area contributed by atoms with E-state index >= 15 is 0 Å². The van der Waals surface area contributed by atoms with Crippen LogP contribution >= 0.6 is 0 Å². The summed E-state index contributed by atoms with van der Waals surface area (Å²) in [5.74, 6) is -2.02. The molecule has 5 nitrogen and oxygen atoms in total. The van der Waals surface area contributed by atoms with Gasteiger partial charge < -0.3 is 10.1 Å². The van der Waals surface area contributed by atoms with E-state index in [1.165, 1.54) is 19.2 Å². The lowest BCUT2D eigenvalue weighted by Gasteiger charge is -2.12. The summed E-state index contributed by atoms with van der Waals surface area (Å²) in [6.45, 7) is 1.97. The molecule has 106 valence electrons. The highest BCUT2D eigenvalue weighted by Gasteiger charge is 2.20. The molecule has 0 heterocycles. The number of sulfone groups is 1. The van der Waals surface area contributed by atoms with Gasteiger partial charge in [0.05, 0.1) is 11.5 Å². The second kappa shape index (κ2) is 6.63. The molecular formula is C12H16FNO4S. The number of halogens is 1. The third-order valence-corrected chi connectivity index (χ3v) is 3.91. The molecule has 1 amide bonds. The first-order valence-corrected chi connectivity index (χ1v) is 7.27. The Kier molecular flexibility index (Phi) is 5.44. The smallest absolute Gasteiger partial charge is 0.235 e. The van der Waals surface area contributed by atoms with Crippen molar-refractivity contribution >= 4 is 15.7 Å². The number of carbonyl (C=O) groups excluding carboxylic acids is 1. The number of ether oxygens (including phenoxy) is 1. The summed E-state index contributed by atoms with van der Waals surface area (Å²) in [7, 11) is -2.36. The van der Waals surface area contributed by atoms with Gasteiger partial charge in [-0.2, -0.15) is 0 Å². The first-order valence-electron chi connectivity index (χ1n) is 5.62. The minimum absolute atomic E-state index is 0.206. The maximum Gasteiger partial charge on any atom is 0.235 e. The molecule has 19 heavy (non-hydrogen) atoms. The van der Waals surface area contributed by atoms with Crippen molar-refractivity contribution in [3.63, 3.8) is 0 Å². The summed E-state index contributed by atoms with van der Waals surface area (Å²) in [6, 6.07) is 4.28. The lowest BCUT2D eigenvalue weighted by Crippen LogP contribution is -2.39. The Hall–Kier alpha value is -1.47. The summed E-state index contributed by atoms with van der Waals surface area (Å²) in [6.07, 6.45) is 0. The van der Waals surface area contributed by atoms with Gasteiger partial charge in [0.1, 0.15) is 11.6 Å². The molecule has 7 heteroatoms. The van der Waals surface area contributed by atoms with Crippen molar-refractivity contribution in [3.05, 3.63) is 30.1 Å². The van der Waals surface area contributed by atoms with Crippen LogP contribution in [0.4, 0.5) is 4.39 Å². The fourth-order valence-corrected chi connectivity index (χ4v) is 2.70. The van der Waals surface area contributed by atoms with E-state index in [2.05, 4.69) is 5.32 Å². The van der Waals surface area contributed by atoms with E-state index in [0.717, 1.165) is 12.1 Å². The van der Waals surface area contributed by atoms with Gasteiger partial charge in [-0.3, -0.25) is 4.79 Å². The van der Waals surface area contributed by atoms with E-state index < -0.39 is 27.3 Å². The molecule has 1 rings (SSSR count). The molecule has 0 spiro atoms. The zero-order valence-corrected chi connectivity index (χ0v) is 11.5. The summed E-state index contributed by atoms with van der Waals surface area (Å²) < 4.78 is 41.5.